The normalized spacial score (nSPS) is 17.6. The number of ether oxygens (including phenoxy) is 1. The van der Waals surface area contributed by atoms with Gasteiger partial charge in [0.1, 0.15) is 12.4 Å². The average Bonchev–Trinajstić information content (AvgIpc) is 3.17. The molecular weight excluding hydrogens is 380 g/mol. The molecular formula is C25H33ClN2O. The minimum Gasteiger partial charge on any atom is -0.492 e. The maximum atomic E-state index is 5.95. The molecule has 0 amide bonds. The van der Waals surface area contributed by atoms with E-state index in [0.717, 1.165) is 24.4 Å². The Morgan fingerprint density at radius 2 is 1.79 bits per heavy atom. The third-order valence-electron chi connectivity index (χ3n) is 6.41. The van der Waals surface area contributed by atoms with Crippen molar-refractivity contribution < 1.29 is 4.74 Å². The van der Waals surface area contributed by atoms with Gasteiger partial charge in [-0.3, -0.25) is 4.99 Å². The van der Waals surface area contributed by atoms with Crippen molar-refractivity contribution in [2.75, 3.05) is 13.2 Å². The number of nitrogens with zero attached hydrogens (tertiary/aromatic N) is 1. The van der Waals surface area contributed by atoms with E-state index in [2.05, 4.69) is 67.5 Å². The molecule has 0 radical (unpaired) electrons. The monoisotopic (exact) mass is 412 g/mol. The summed E-state index contributed by atoms with van der Waals surface area (Å²) in [5.41, 5.74) is 6.87. The van der Waals surface area contributed by atoms with E-state index in [1.54, 1.807) is 0 Å². The SMILES string of the molecule is Cc1c(-c2ccc(OCCNC3CCC(C)(C)CC3)cc2)ccc2c1CC=N2.Cl. The molecule has 2 aromatic carbocycles. The van der Waals surface area contributed by atoms with Crippen LogP contribution in [0.3, 0.4) is 0 Å². The Hall–Kier alpha value is -1.84. The first-order chi connectivity index (χ1) is 13.5. The van der Waals surface area contributed by atoms with Crippen molar-refractivity contribution in [3.05, 3.63) is 47.5 Å². The van der Waals surface area contributed by atoms with Crippen LogP contribution in [0.5, 0.6) is 5.75 Å². The van der Waals surface area contributed by atoms with Crippen LogP contribution in [0.15, 0.2) is 41.4 Å². The molecule has 0 bridgehead atoms. The molecule has 1 saturated carbocycles. The average molecular weight is 413 g/mol. The molecule has 156 valence electrons. The van der Waals surface area contributed by atoms with E-state index in [1.807, 2.05) is 6.21 Å². The van der Waals surface area contributed by atoms with Crippen molar-refractivity contribution in [1.82, 2.24) is 5.32 Å². The number of fused-ring (bicyclic) bond motifs is 1. The predicted octanol–water partition coefficient (Wildman–Crippen LogP) is 6.28. The van der Waals surface area contributed by atoms with Crippen molar-refractivity contribution in [2.45, 2.75) is 58.9 Å². The Morgan fingerprint density at radius 3 is 2.52 bits per heavy atom. The highest BCUT2D eigenvalue weighted by atomic mass is 35.5. The topological polar surface area (TPSA) is 33.6 Å². The zero-order valence-electron chi connectivity index (χ0n) is 17.8. The zero-order chi connectivity index (χ0) is 19.6. The number of aliphatic imine (C=N–C) groups is 1. The highest BCUT2D eigenvalue weighted by molar-refractivity contribution is 5.85. The third kappa shape index (κ3) is 5.21. The van der Waals surface area contributed by atoms with Crippen LogP contribution in [0.2, 0.25) is 0 Å². The Labute approximate surface area is 181 Å². The van der Waals surface area contributed by atoms with Crippen molar-refractivity contribution in [3.63, 3.8) is 0 Å². The molecule has 2 aromatic rings. The maximum Gasteiger partial charge on any atom is 0.119 e. The Morgan fingerprint density at radius 1 is 1.07 bits per heavy atom. The molecule has 1 aliphatic heterocycles. The van der Waals surface area contributed by atoms with Gasteiger partial charge in [-0.25, -0.2) is 0 Å². The minimum absolute atomic E-state index is 0. The maximum absolute atomic E-state index is 5.95. The summed E-state index contributed by atoms with van der Waals surface area (Å²) in [6.07, 6.45) is 8.16. The van der Waals surface area contributed by atoms with Crippen LogP contribution < -0.4 is 10.1 Å². The number of halogens is 1. The second-order valence-electron chi connectivity index (χ2n) is 9.02. The van der Waals surface area contributed by atoms with Gasteiger partial charge >= 0.3 is 0 Å². The van der Waals surface area contributed by atoms with Crippen LogP contribution in [0.25, 0.3) is 11.1 Å². The Balaban J connectivity index is 0.00000240. The molecule has 4 heteroatoms. The van der Waals surface area contributed by atoms with Crippen LogP contribution >= 0.6 is 12.4 Å². The summed E-state index contributed by atoms with van der Waals surface area (Å²) >= 11 is 0. The van der Waals surface area contributed by atoms with Gasteiger partial charge in [0.15, 0.2) is 0 Å². The second kappa shape index (κ2) is 9.32. The molecule has 1 aliphatic carbocycles. The third-order valence-corrected chi connectivity index (χ3v) is 6.41. The number of rotatable bonds is 6. The lowest BCUT2D eigenvalue weighted by atomic mass is 9.75. The predicted molar refractivity (Wildman–Crippen MR) is 125 cm³/mol. The summed E-state index contributed by atoms with van der Waals surface area (Å²) in [7, 11) is 0. The zero-order valence-corrected chi connectivity index (χ0v) is 18.6. The van der Waals surface area contributed by atoms with E-state index in [1.165, 1.54) is 47.9 Å². The summed E-state index contributed by atoms with van der Waals surface area (Å²) in [5.74, 6) is 0.942. The molecule has 4 rings (SSSR count). The van der Waals surface area contributed by atoms with E-state index < -0.39 is 0 Å². The van der Waals surface area contributed by atoms with E-state index in [4.69, 9.17) is 4.74 Å². The van der Waals surface area contributed by atoms with Crippen LogP contribution in [-0.4, -0.2) is 25.4 Å². The fourth-order valence-electron chi connectivity index (χ4n) is 4.44. The Kier molecular flexibility index (Phi) is 7.02. The molecule has 2 aliphatic rings. The molecule has 1 N–H and O–H groups in total. The van der Waals surface area contributed by atoms with Gasteiger partial charge in [-0.15, -0.1) is 12.4 Å². The van der Waals surface area contributed by atoms with Gasteiger partial charge in [0.2, 0.25) is 0 Å². The lowest BCUT2D eigenvalue weighted by Gasteiger charge is -2.34. The molecule has 1 heterocycles. The van der Waals surface area contributed by atoms with Crippen LogP contribution in [-0.2, 0) is 6.42 Å². The van der Waals surface area contributed by atoms with E-state index in [0.29, 0.717) is 18.1 Å². The highest BCUT2D eigenvalue weighted by Crippen LogP contribution is 2.35. The van der Waals surface area contributed by atoms with Gasteiger partial charge < -0.3 is 10.1 Å². The van der Waals surface area contributed by atoms with Crippen molar-refractivity contribution in [2.24, 2.45) is 10.4 Å². The molecule has 29 heavy (non-hydrogen) atoms. The minimum atomic E-state index is 0. The standard InChI is InChI=1S/C25H32N2O.ClH/c1-18-22(8-9-24-23(18)12-15-27-24)19-4-6-21(7-5-19)28-17-16-26-20-10-13-25(2,3)14-11-20;/h4-9,15,20,26H,10-14,16-17H2,1-3H3;1H. The van der Waals surface area contributed by atoms with Crippen molar-refractivity contribution in [1.29, 1.82) is 0 Å². The molecule has 0 atom stereocenters. The number of hydrogen-bond donors (Lipinski definition) is 1. The molecule has 0 aromatic heterocycles. The van der Waals surface area contributed by atoms with Crippen LogP contribution in [0.1, 0.15) is 50.7 Å². The molecule has 0 spiro atoms. The lowest BCUT2D eigenvalue weighted by molar-refractivity contribution is 0.200. The van der Waals surface area contributed by atoms with E-state index in [-0.39, 0.29) is 12.4 Å². The first-order valence-corrected chi connectivity index (χ1v) is 10.6. The summed E-state index contributed by atoms with van der Waals surface area (Å²) in [5, 5.41) is 3.66. The van der Waals surface area contributed by atoms with Crippen LogP contribution in [0, 0.1) is 12.3 Å². The van der Waals surface area contributed by atoms with Crippen molar-refractivity contribution >= 4 is 24.3 Å². The fraction of sp³-hybridized carbons (Fsp3) is 0.480. The first-order valence-electron chi connectivity index (χ1n) is 10.6. The number of hydrogen-bond acceptors (Lipinski definition) is 3. The van der Waals surface area contributed by atoms with Gasteiger partial charge in [0, 0.05) is 25.2 Å². The summed E-state index contributed by atoms with van der Waals surface area (Å²) in [4.78, 5) is 4.44. The van der Waals surface area contributed by atoms with Gasteiger partial charge in [0.05, 0.1) is 5.69 Å². The quantitative estimate of drug-likeness (QED) is 0.566. The summed E-state index contributed by atoms with van der Waals surface area (Å²) in [6.45, 7) is 8.60. The van der Waals surface area contributed by atoms with Crippen LogP contribution in [0.4, 0.5) is 5.69 Å². The molecule has 1 fully saturated rings. The van der Waals surface area contributed by atoms with E-state index in [9.17, 15) is 0 Å². The Bertz CT molecular complexity index is 848. The number of nitrogens with one attached hydrogen (secondary N) is 1. The summed E-state index contributed by atoms with van der Waals surface area (Å²) < 4.78 is 5.95. The van der Waals surface area contributed by atoms with Gasteiger partial charge in [-0.05, 0) is 78.5 Å². The van der Waals surface area contributed by atoms with Gasteiger partial charge in [-0.2, -0.15) is 0 Å². The number of benzene rings is 2. The van der Waals surface area contributed by atoms with Crippen molar-refractivity contribution in [3.8, 4) is 16.9 Å². The summed E-state index contributed by atoms with van der Waals surface area (Å²) in [6, 6.07) is 13.5. The van der Waals surface area contributed by atoms with Gasteiger partial charge in [-0.1, -0.05) is 32.0 Å². The second-order valence-corrected chi connectivity index (χ2v) is 9.02. The lowest BCUT2D eigenvalue weighted by Crippen LogP contribution is -2.37. The van der Waals surface area contributed by atoms with Gasteiger partial charge in [0.25, 0.3) is 0 Å². The molecule has 3 nitrogen and oxygen atoms in total. The first kappa shape index (κ1) is 21.9. The molecule has 0 saturated heterocycles. The fourth-order valence-corrected chi connectivity index (χ4v) is 4.44. The van der Waals surface area contributed by atoms with E-state index >= 15 is 0 Å². The molecule has 0 unspecified atom stereocenters. The largest absolute Gasteiger partial charge is 0.492 e. The smallest absolute Gasteiger partial charge is 0.119 e. The highest BCUT2D eigenvalue weighted by Gasteiger charge is 2.26.